The van der Waals surface area contributed by atoms with E-state index in [9.17, 15) is 4.79 Å². The average molecular weight is 244 g/mol. The van der Waals surface area contributed by atoms with Crippen molar-refractivity contribution in [3.8, 4) is 0 Å². The van der Waals surface area contributed by atoms with Crippen LogP contribution in [0.5, 0.6) is 0 Å². The van der Waals surface area contributed by atoms with E-state index in [-0.39, 0.29) is 5.91 Å². The van der Waals surface area contributed by atoms with E-state index in [1.807, 2.05) is 43.3 Å². The largest absolute Gasteiger partial charge is 0.273 e. The van der Waals surface area contributed by atoms with Crippen molar-refractivity contribution in [2.45, 2.75) is 33.1 Å². The van der Waals surface area contributed by atoms with Crippen LogP contribution in [-0.2, 0) is 4.79 Å². The molecule has 96 valence electrons. The van der Waals surface area contributed by atoms with E-state index in [1.54, 1.807) is 6.21 Å². The summed E-state index contributed by atoms with van der Waals surface area (Å²) in [5, 5.41) is 3.93. The van der Waals surface area contributed by atoms with E-state index < -0.39 is 0 Å². The first-order valence-electron chi connectivity index (χ1n) is 6.27. The molecule has 3 heteroatoms. The molecule has 0 unspecified atom stereocenters. The Morgan fingerprint density at radius 2 is 2.06 bits per heavy atom. The highest BCUT2D eigenvalue weighted by Gasteiger charge is 1.96. The lowest BCUT2D eigenvalue weighted by atomic mass is 10.1. The molecule has 0 saturated heterocycles. The second-order valence-electron chi connectivity index (χ2n) is 4.20. The fraction of sp³-hybridized carbons (Fsp3) is 0.333. The van der Waals surface area contributed by atoms with Crippen molar-refractivity contribution in [2.75, 3.05) is 0 Å². The first kappa shape index (κ1) is 14.2. The summed E-state index contributed by atoms with van der Waals surface area (Å²) >= 11 is 0. The molecule has 18 heavy (non-hydrogen) atoms. The number of nitrogens with zero attached hydrogens (tertiary/aromatic N) is 1. The fourth-order valence-electron chi connectivity index (χ4n) is 1.45. The van der Waals surface area contributed by atoms with Gasteiger partial charge in [0.25, 0.3) is 0 Å². The molecular weight excluding hydrogens is 224 g/mol. The van der Waals surface area contributed by atoms with Crippen LogP contribution in [0.25, 0.3) is 6.08 Å². The van der Waals surface area contributed by atoms with Crippen molar-refractivity contribution in [2.24, 2.45) is 5.10 Å². The molecule has 0 saturated carbocycles. The van der Waals surface area contributed by atoms with Crippen molar-refractivity contribution in [3.05, 3.63) is 41.5 Å². The summed E-state index contributed by atoms with van der Waals surface area (Å²) in [6.45, 7) is 4.01. The van der Waals surface area contributed by atoms with Gasteiger partial charge >= 0.3 is 0 Å². The highest BCUT2D eigenvalue weighted by atomic mass is 16.2. The summed E-state index contributed by atoms with van der Waals surface area (Å²) in [4.78, 5) is 11.3. The molecule has 0 radical (unpaired) electrons. The molecule has 0 fully saturated rings. The van der Waals surface area contributed by atoms with Gasteiger partial charge in [-0.05, 0) is 24.5 Å². The zero-order chi connectivity index (χ0) is 13.2. The summed E-state index contributed by atoms with van der Waals surface area (Å²) in [5.74, 6) is -0.0272. The number of carbonyl (C=O) groups is 1. The van der Waals surface area contributed by atoms with Crippen molar-refractivity contribution >= 4 is 18.2 Å². The van der Waals surface area contributed by atoms with Gasteiger partial charge in [0.2, 0.25) is 5.91 Å². The lowest BCUT2D eigenvalue weighted by Crippen LogP contribution is -2.16. The Kier molecular flexibility index (Phi) is 6.47. The van der Waals surface area contributed by atoms with E-state index in [0.29, 0.717) is 6.42 Å². The van der Waals surface area contributed by atoms with Crippen molar-refractivity contribution < 1.29 is 4.79 Å². The maximum Gasteiger partial charge on any atom is 0.240 e. The van der Waals surface area contributed by atoms with E-state index in [4.69, 9.17) is 0 Å². The molecule has 0 atom stereocenters. The third kappa shape index (κ3) is 5.99. The summed E-state index contributed by atoms with van der Waals surface area (Å²) < 4.78 is 0. The average Bonchev–Trinajstić information content (AvgIpc) is 2.37. The van der Waals surface area contributed by atoms with Gasteiger partial charge in [-0.15, -0.1) is 0 Å². The Bertz CT molecular complexity index is 421. The molecule has 0 aliphatic carbocycles. The number of nitrogens with one attached hydrogen (secondary N) is 1. The number of allylic oxidation sites excluding steroid dienone is 1. The zero-order valence-electron chi connectivity index (χ0n) is 11.0. The number of unbranched alkanes of at least 4 members (excludes halogenated alkanes) is 1. The third-order valence-electron chi connectivity index (χ3n) is 2.41. The van der Waals surface area contributed by atoms with Gasteiger partial charge in [-0.1, -0.05) is 49.8 Å². The molecule has 1 N–H and O–H groups in total. The molecular formula is C15H20N2O. The molecule has 1 rings (SSSR count). The van der Waals surface area contributed by atoms with Crippen LogP contribution >= 0.6 is 0 Å². The van der Waals surface area contributed by atoms with Gasteiger partial charge in [0.05, 0.1) is 6.21 Å². The van der Waals surface area contributed by atoms with Crippen LogP contribution in [0.4, 0.5) is 0 Å². The van der Waals surface area contributed by atoms with Crippen molar-refractivity contribution in [1.29, 1.82) is 0 Å². The van der Waals surface area contributed by atoms with Gasteiger partial charge in [-0.3, -0.25) is 4.79 Å². The summed E-state index contributed by atoms with van der Waals surface area (Å²) in [5.41, 5.74) is 4.64. The van der Waals surface area contributed by atoms with Crippen molar-refractivity contribution in [3.63, 3.8) is 0 Å². The Labute approximate surface area is 109 Å². The van der Waals surface area contributed by atoms with Crippen LogP contribution in [-0.4, -0.2) is 12.1 Å². The Balaban J connectivity index is 2.42. The molecule has 3 nitrogen and oxygen atoms in total. The first-order chi connectivity index (χ1) is 8.72. The minimum atomic E-state index is -0.0272. The second-order valence-corrected chi connectivity index (χ2v) is 4.20. The Morgan fingerprint density at radius 3 is 2.72 bits per heavy atom. The van der Waals surface area contributed by atoms with Crippen LogP contribution in [0.2, 0.25) is 0 Å². The molecule has 0 bridgehead atoms. The van der Waals surface area contributed by atoms with Gasteiger partial charge in [-0.2, -0.15) is 5.10 Å². The van der Waals surface area contributed by atoms with Crippen LogP contribution in [0.15, 0.2) is 41.0 Å². The number of hydrazone groups is 1. The number of hydrogen-bond acceptors (Lipinski definition) is 2. The maximum absolute atomic E-state index is 11.3. The number of carbonyl (C=O) groups excluding carboxylic acids is 1. The number of benzene rings is 1. The summed E-state index contributed by atoms with van der Waals surface area (Å²) in [6, 6.07) is 10.0. The molecule has 0 aromatic heterocycles. The van der Waals surface area contributed by atoms with Crippen LogP contribution in [0.1, 0.15) is 38.7 Å². The predicted molar refractivity (Wildman–Crippen MR) is 76.3 cm³/mol. The first-order valence-corrected chi connectivity index (χ1v) is 6.27. The van der Waals surface area contributed by atoms with Crippen LogP contribution < -0.4 is 5.43 Å². The molecule has 1 aromatic carbocycles. The summed E-state index contributed by atoms with van der Waals surface area (Å²) in [6.07, 6.45) is 6.14. The number of rotatable bonds is 6. The minimum Gasteiger partial charge on any atom is -0.273 e. The van der Waals surface area contributed by atoms with E-state index in [1.165, 1.54) is 0 Å². The highest BCUT2D eigenvalue weighted by molar-refractivity contribution is 5.86. The topological polar surface area (TPSA) is 41.5 Å². The molecule has 0 aliphatic heterocycles. The molecule has 1 aromatic rings. The SMILES string of the molecule is CCCCC(=O)NN=CC(C)=Cc1ccccc1. The van der Waals surface area contributed by atoms with Gasteiger partial charge in [0.15, 0.2) is 0 Å². The predicted octanol–water partition coefficient (Wildman–Crippen LogP) is 3.38. The fourth-order valence-corrected chi connectivity index (χ4v) is 1.45. The monoisotopic (exact) mass is 244 g/mol. The van der Waals surface area contributed by atoms with E-state index >= 15 is 0 Å². The Hall–Kier alpha value is -1.90. The molecule has 0 spiro atoms. The second kappa shape index (κ2) is 8.23. The molecule has 1 amide bonds. The van der Waals surface area contributed by atoms with Crippen molar-refractivity contribution in [1.82, 2.24) is 5.43 Å². The van der Waals surface area contributed by atoms with Crippen LogP contribution in [0.3, 0.4) is 0 Å². The Morgan fingerprint density at radius 1 is 1.33 bits per heavy atom. The third-order valence-corrected chi connectivity index (χ3v) is 2.41. The quantitative estimate of drug-likeness (QED) is 0.605. The minimum absolute atomic E-state index is 0.0272. The molecule has 0 aliphatic rings. The normalized spacial score (nSPS) is 11.8. The molecule has 0 heterocycles. The number of amides is 1. The van der Waals surface area contributed by atoms with E-state index in [0.717, 1.165) is 24.0 Å². The summed E-state index contributed by atoms with van der Waals surface area (Å²) in [7, 11) is 0. The maximum atomic E-state index is 11.3. The lowest BCUT2D eigenvalue weighted by Gasteiger charge is -1.98. The lowest BCUT2D eigenvalue weighted by molar-refractivity contribution is -0.121. The van der Waals surface area contributed by atoms with Crippen LogP contribution in [0, 0.1) is 0 Å². The smallest absolute Gasteiger partial charge is 0.240 e. The van der Waals surface area contributed by atoms with E-state index in [2.05, 4.69) is 17.5 Å². The highest BCUT2D eigenvalue weighted by Crippen LogP contribution is 2.04. The van der Waals surface area contributed by atoms with Gasteiger partial charge in [0.1, 0.15) is 0 Å². The number of hydrogen-bond donors (Lipinski definition) is 1. The standard InChI is InChI=1S/C15H20N2O/c1-3-4-10-15(18)17-16-12-13(2)11-14-8-6-5-7-9-14/h5-9,11-12H,3-4,10H2,1-2H3,(H,17,18). The van der Waals surface area contributed by atoms with Gasteiger partial charge < -0.3 is 0 Å². The van der Waals surface area contributed by atoms with Gasteiger partial charge in [0, 0.05) is 6.42 Å². The zero-order valence-corrected chi connectivity index (χ0v) is 11.0. The van der Waals surface area contributed by atoms with Gasteiger partial charge in [-0.25, -0.2) is 5.43 Å².